The van der Waals surface area contributed by atoms with Crippen LogP contribution < -0.4 is 9.80 Å². The van der Waals surface area contributed by atoms with Gasteiger partial charge in [0.2, 0.25) is 0 Å². The Hall–Kier alpha value is -3.87. The van der Waals surface area contributed by atoms with Gasteiger partial charge in [-0.25, -0.2) is 0 Å². The number of nitrogens with zero attached hydrogens (tertiary/aromatic N) is 3. The van der Waals surface area contributed by atoms with E-state index in [9.17, 15) is 9.59 Å². The molecule has 3 aromatic carbocycles. The van der Waals surface area contributed by atoms with Crippen molar-refractivity contribution in [2.24, 2.45) is 5.92 Å². The van der Waals surface area contributed by atoms with Gasteiger partial charge < -0.3 is 19.0 Å². The SMILES string of the molecule is CCN(C(=O)COC(=O)C1CCN(c2nc3ccccc3o2)CC1)c1cccc2ccccc12. The summed E-state index contributed by atoms with van der Waals surface area (Å²) in [5.74, 6) is -0.781. The fraction of sp³-hybridized carbons (Fsp3) is 0.296. The molecule has 1 aliphatic heterocycles. The number of para-hydroxylation sites is 2. The van der Waals surface area contributed by atoms with E-state index in [1.165, 1.54) is 0 Å². The number of hydrogen-bond acceptors (Lipinski definition) is 6. The van der Waals surface area contributed by atoms with Crippen LogP contribution in [0.25, 0.3) is 21.9 Å². The van der Waals surface area contributed by atoms with Gasteiger partial charge in [-0.05, 0) is 43.4 Å². The van der Waals surface area contributed by atoms with Gasteiger partial charge in [-0.1, -0.05) is 48.5 Å². The number of hydrogen-bond donors (Lipinski definition) is 0. The monoisotopic (exact) mass is 457 g/mol. The number of amides is 1. The highest BCUT2D eigenvalue weighted by Crippen LogP contribution is 2.28. The number of aromatic nitrogens is 1. The molecule has 0 aliphatic carbocycles. The molecule has 0 radical (unpaired) electrons. The lowest BCUT2D eigenvalue weighted by Gasteiger charge is -2.29. The summed E-state index contributed by atoms with van der Waals surface area (Å²) < 4.78 is 11.3. The predicted octanol–water partition coefficient (Wildman–Crippen LogP) is 4.79. The zero-order valence-electron chi connectivity index (χ0n) is 19.1. The maximum absolute atomic E-state index is 12.9. The van der Waals surface area contributed by atoms with Crippen molar-refractivity contribution in [2.75, 3.05) is 36.0 Å². The minimum Gasteiger partial charge on any atom is -0.455 e. The van der Waals surface area contributed by atoms with Crippen molar-refractivity contribution >= 4 is 45.5 Å². The standard InChI is InChI=1S/C27H27N3O4/c1-2-30(23-12-7-9-19-8-3-4-10-21(19)23)25(31)18-33-26(32)20-14-16-29(17-15-20)27-28-22-11-5-6-13-24(22)34-27/h3-13,20H,2,14-18H2,1H3. The zero-order valence-corrected chi connectivity index (χ0v) is 19.1. The van der Waals surface area contributed by atoms with Crippen LogP contribution in [0.2, 0.25) is 0 Å². The summed E-state index contributed by atoms with van der Waals surface area (Å²) in [4.78, 5) is 33.9. The molecule has 7 heteroatoms. The second-order valence-electron chi connectivity index (χ2n) is 8.47. The van der Waals surface area contributed by atoms with Crippen LogP contribution in [0.5, 0.6) is 0 Å². The van der Waals surface area contributed by atoms with E-state index in [0.717, 1.165) is 27.6 Å². The molecule has 0 bridgehead atoms. The highest BCUT2D eigenvalue weighted by molar-refractivity contribution is 6.04. The van der Waals surface area contributed by atoms with E-state index in [0.29, 0.717) is 38.5 Å². The van der Waals surface area contributed by atoms with Crippen molar-refractivity contribution < 1.29 is 18.7 Å². The number of carbonyl (C=O) groups excluding carboxylic acids is 2. The first kappa shape index (κ1) is 21.9. The van der Waals surface area contributed by atoms with E-state index in [1.54, 1.807) is 4.90 Å². The van der Waals surface area contributed by atoms with E-state index in [4.69, 9.17) is 9.15 Å². The maximum atomic E-state index is 12.9. The summed E-state index contributed by atoms with van der Waals surface area (Å²) in [5.41, 5.74) is 2.40. The van der Waals surface area contributed by atoms with Gasteiger partial charge in [-0.3, -0.25) is 9.59 Å². The summed E-state index contributed by atoms with van der Waals surface area (Å²) in [6, 6.07) is 22.1. The fourth-order valence-electron chi connectivity index (χ4n) is 4.56. The summed E-state index contributed by atoms with van der Waals surface area (Å²) >= 11 is 0. The summed E-state index contributed by atoms with van der Waals surface area (Å²) in [6.45, 7) is 3.45. The van der Waals surface area contributed by atoms with Gasteiger partial charge in [0.15, 0.2) is 12.2 Å². The first-order valence-corrected chi connectivity index (χ1v) is 11.7. The first-order chi connectivity index (χ1) is 16.6. The number of rotatable bonds is 6. The highest BCUT2D eigenvalue weighted by Gasteiger charge is 2.29. The second kappa shape index (κ2) is 9.55. The van der Waals surface area contributed by atoms with Crippen molar-refractivity contribution in [3.8, 4) is 0 Å². The van der Waals surface area contributed by atoms with E-state index in [2.05, 4.69) is 4.98 Å². The third-order valence-corrected chi connectivity index (χ3v) is 6.39. The molecule has 1 aromatic heterocycles. The molecule has 0 N–H and O–H groups in total. The molecule has 2 heterocycles. The first-order valence-electron chi connectivity index (χ1n) is 11.7. The number of esters is 1. The summed E-state index contributed by atoms with van der Waals surface area (Å²) in [7, 11) is 0. The minimum absolute atomic E-state index is 0.226. The molecule has 34 heavy (non-hydrogen) atoms. The van der Waals surface area contributed by atoms with Gasteiger partial charge in [0.1, 0.15) is 5.52 Å². The Morgan fingerprint density at radius 2 is 1.76 bits per heavy atom. The van der Waals surface area contributed by atoms with Crippen molar-refractivity contribution in [3.63, 3.8) is 0 Å². The van der Waals surface area contributed by atoms with Crippen molar-refractivity contribution in [1.29, 1.82) is 0 Å². The van der Waals surface area contributed by atoms with Crippen molar-refractivity contribution in [2.45, 2.75) is 19.8 Å². The fourth-order valence-corrected chi connectivity index (χ4v) is 4.56. The predicted molar refractivity (Wildman–Crippen MR) is 132 cm³/mol. The molecule has 1 amide bonds. The molecule has 7 nitrogen and oxygen atoms in total. The van der Waals surface area contributed by atoms with Gasteiger partial charge in [-0.2, -0.15) is 4.98 Å². The highest BCUT2D eigenvalue weighted by atomic mass is 16.5. The van der Waals surface area contributed by atoms with Crippen LogP contribution in [-0.4, -0.2) is 43.1 Å². The van der Waals surface area contributed by atoms with Gasteiger partial charge in [0.05, 0.1) is 11.6 Å². The molecular formula is C27H27N3O4. The molecule has 0 unspecified atom stereocenters. The van der Waals surface area contributed by atoms with Gasteiger partial charge in [-0.15, -0.1) is 0 Å². The number of piperidine rings is 1. The van der Waals surface area contributed by atoms with Crippen LogP contribution in [0.1, 0.15) is 19.8 Å². The number of ether oxygens (including phenoxy) is 1. The third-order valence-electron chi connectivity index (χ3n) is 6.39. The molecular weight excluding hydrogens is 430 g/mol. The van der Waals surface area contributed by atoms with Crippen LogP contribution >= 0.6 is 0 Å². The van der Waals surface area contributed by atoms with E-state index >= 15 is 0 Å². The Bertz CT molecular complexity index is 1290. The number of fused-ring (bicyclic) bond motifs is 2. The summed E-state index contributed by atoms with van der Waals surface area (Å²) in [6.07, 6.45) is 1.26. The van der Waals surface area contributed by atoms with Gasteiger partial charge >= 0.3 is 5.97 Å². The van der Waals surface area contributed by atoms with Crippen LogP contribution in [0.15, 0.2) is 71.1 Å². The van der Waals surface area contributed by atoms with Gasteiger partial charge in [0.25, 0.3) is 11.9 Å². The molecule has 1 fully saturated rings. The molecule has 4 aromatic rings. The number of carbonyl (C=O) groups is 2. The molecule has 174 valence electrons. The number of likely N-dealkylation sites (N-methyl/N-ethyl adjacent to an activating group) is 1. The van der Waals surface area contributed by atoms with E-state index < -0.39 is 0 Å². The lowest BCUT2D eigenvalue weighted by Crippen LogP contribution is -2.39. The Balaban J connectivity index is 1.17. The lowest BCUT2D eigenvalue weighted by atomic mass is 9.97. The zero-order chi connectivity index (χ0) is 23.5. The molecule has 0 spiro atoms. The molecule has 5 rings (SSSR count). The maximum Gasteiger partial charge on any atom is 0.309 e. The Kier molecular flexibility index (Phi) is 6.16. The van der Waals surface area contributed by atoms with Crippen LogP contribution in [0, 0.1) is 5.92 Å². The van der Waals surface area contributed by atoms with Crippen molar-refractivity contribution in [3.05, 3.63) is 66.7 Å². The van der Waals surface area contributed by atoms with Crippen LogP contribution in [-0.2, 0) is 14.3 Å². The summed E-state index contributed by atoms with van der Waals surface area (Å²) in [5, 5.41) is 2.06. The molecule has 1 aliphatic rings. The average Bonchev–Trinajstić information content (AvgIpc) is 3.32. The van der Waals surface area contributed by atoms with Gasteiger partial charge in [0, 0.05) is 25.0 Å². The number of anilines is 2. The molecule has 1 saturated heterocycles. The molecule has 0 atom stereocenters. The average molecular weight is 458 g/mol. The number of oxazole rings is 1. The van der Waals surface area contributed by atoms with E-state index in [1.807, 2.05) is 78.6 Å². The van der Waals surface area contributed by atoms with Crippen molar-refractivity contribution in [1.82, 2.24) is 4.98 Å². The van der Waals surface area contributed by atoms with Crippen LogP contribution in [0.4, 0.5) is 11.7 Å². The largest absolute Gasteiger partial charge is 0.455 e. The number of benzene rings is 3. The normalized spacial score (nSPS) is 14.4. The van der Waals surface area contributed by atoms with E-state index in [-0.39, 0.29) is 24.4 Å². The smallest absolute Gasteiger partial charge is 0.309 e. The second-order valence-corrected chi connectivity index (χ2v) is 8.47. The lowest BCUT2D eigenvalue weighted by molar-refractivity contribution is -0.152. The Labute approximate surface area is 197 Å². The Morgan fingerprint density at radius 3 is 2.56 bits per heavy atom. The third kappa shape index (κ3) is 4.33. The quantitative estimate of drug-likeness (QED) is 0.388. The molecule has 0 saturated carbocycles. The van der Waals surface area contributed by atoms with Crippen LogP contribution in [0.3, 0.4) is 0 Å². The minimum atomic E-state index is -0.320. The Morgan fingerprint density at radius 1 is 1.03 bits per heavy atom. The topological polar surface area (TPSA) is 75.9 Å².